The first-order valence-corrected chi connectivity index (χ1v) is 12.2. The summed E-state index contributed by atoms with van der Waals surface area (Å²) in [4.78, 5) is 21.7. The van der Waals surface area contributed by atoms with Gasteiger partial charge in [0.15, 0.2) is 5.78 Å². The Morgan fingerprint density at radius 3 is 2.34 bits per heavy atom. The predicted octanol–water partition coefficient (Wildman–Crippen LogP) is 7.73. The van der Waals surface area contributed by atoms with Crippen LogP contribution in [-0.2, 0) is 14.3 Å². The summed E-state index contributed by atoms with van der Waals surface area (Å²) in [5, 5.41) is 4.45. The van der Waals surface area contributed by atoms with E-state index in [1.54, 1.807) is 23.0 Å². The number of rotatable bonds is 9. The lowest BCUT2D eigenvalue weighted by atomic mass is 9.91. The van der Waals surface area contributed by atoms with Crippen LogP contribution in [0.25, 0.3) is 5.57 Å². The molecule has 1 aromatic rings. The fraction of sp³-hybridized carbons (Fsp3) is 0.429. The van der Waals surface area contributed by atoms with Crippen molar-refractivity contribution in [2.24, 2.45) is 11.8 Å². The highest BCUT2D eigenvalue weighted by molar-refractivity contribution is 7.08. The fourth-order valence-electron chi connectivity index (χ4n) is 3.57. The number of ketones is 1. The lowest BCUT2D eigenvalue weighted by molar-refractivity contribution is -0.139. The van der Waals surface area contributed by atoms with Gasteiger partial charge in [0.25, 0.3) is 0 Å². The number of allylic oxidation sites excluding steroid dienone is 7. The Labute approximate surface area is 198 Å². The van der Waals surface area contributed by atoms with Crippen molar-refractivity contribution in [1.82, 2.24) is 0 Å². The second-order valence-corrected chi connectivity index (χ2v) is 8.89. The molecule has 2 atom stereocenters. The molecule has 2 unspecified atom stereocenters. The average molecular weight is 455 g/mol. The van der Waals surface area contributed by atoms with E-state index >= 15 is 0 Å². The van der Waals surface area contributed by atoms with Crippen molar-refractivity contribution in [3.63, 3.8) is 0 Å². The summed E-state index contributed by atoms with van der Waals surface area (Å²) in [5.74, 6) is 1.38. The molecule has 0 saturated carbocycles. The number of esters is 1. The van der Waals surface area contributed by atoms with Crippen molar-refractivity contribution in [2.75, 3.05) is 6.61 Å². The van der Waals surface area contributed by atoms with Crippen LogP contribution in [0.4, 0.5) is 0 Å². The van der Waals surface area contributed by atoms with Crippen LogP contribution in [0.3, 0.4) is 0 Å². The molecule has 1 aromatic heterocycles. The Morgan fingerprint density at radius 2 is 1.91 bits per heavy atom. The topological polar surface area (TPSA) is 43.4 Å². The van der Waals surface area contributed by atoms with Crippen molar-refractivity contribution in [3.05, 3.63) is 76.1 Å². The highest BCUT2D eigenvalue weighted by Gasteiger charge is 2.25. The smallest absolute Gasteiger partial charge is 0.302 e. The second kappa shape index (κ2) is 14.6. The molecule has 0 radical (unpaired) electrons. The Morgan fingerprint density at radius 1 is 1.19 bits per heavy atom. The van der Waals surface area contributed by atoms with Gasteiger partial charge in [-0.25, -0.2) is 0 Å². The number of hydrogen-bond donors (Lipinski definition) is 0. The normalized spacial score (nSPS) is 18.8. The Balaban J connectivity index is 0.000000328. The standard InChI is InChI=1S/C15H20O3.C13H18S/c1-6-14(8-7-12(4)16)9-15(11(2)3)10-18-13(5)17;1-3-10-7-13(8-11(10)4-2)12-5-6-14-9-12/h6-9H,2,10H2,1,3-5H3;5-7,9-11H,3-4,8H2,1-2H3/b8-7+,14-6-,15-9-;. The molecule has 0 saturated heterocycles. The van der Waals surface area contributed by atoms with Gasteiger partial charge in [-0.2, -0.15) is 11.3 Å². The molecular formula is C28H38O3S. The number of carbonyl (C=O) groups excluding carboxylic acids is 2. The van der Waals surface area contributed by atoms with Gasteiger partial charge in [0, 0.05) is 6.92 Å². The van der Waals surface area contributed by atoms with Crippen LogP contribution < -0.4 is 0 Å². The number of ether oxygens (including phenoxy) is 1. The van der Waals surface area contributed by atoms with Crippen LogP contribution in [0, 0.1) is 11.8 Å². The largest absolute Gasteiger partial charge is 0.461 e. The van der Waals surface area contributed by atoms with E-state index in [1.807, 2.05) is 26.0 Å². The highest BCUT2D eigenvalue weighted by Crippen LogP contribution is 2.40. The maximum Gasteiger partial charge on any atom is 0.302 e. The second-order valence-electron chi connectivity index (χ2n) is 8.11. The zero-order chi connectivity index (χ0) is 24.1. The maximum atomic E-state index is 10.9. The molecule has 4 heteroatoms. The predicted molar refractivity (Wildman–Crippen MR) is 138 cm³/mol. The van der Waals surface area contributed by atoms with Crippen LogP contribution in [-0.4, -0.2) is 18.4 Å². The van der Waals surface area contributed by atoms with Gasteiger partial charge in [-0.05, 0) is 96.7 Å². The first-order chi connectivity index (χ1) is 15.2. The molecule has 32 heavy (non-hydrogen) atoms. The lowest BCUT2D eigenvalue weighted by Gasteiger charge is -2.14. The summed E-state index contributed by atoms with van der Waals surface area (Å²) in [6.07, 6.45) is 13.4. The van der Waals surface area contributed by atoms with Crippen molar-refractivity contribution in [1.29, 1.82) is 0 Å². The summed E-state index contributed by atoms with van der Waals surface area (Å²) in [7, 11) is 0. The molecule has 0 spiro atoms. The van der Waals surface area contributed by atoms with Crippen LogP contribution >= 0.6 is 11.3 Å². The molecule has 174 valence electrons. The van der Waals surface area contributed by atoms with Gasteiger partial charge < -0.3 is 4.74 Å². The van der Waals surface area contributed by atoms with Gasteiger partial charge in [0.1, 0.15) is 6.61 Å². The molecule has 1 heterocycles. The van der Waals surface area contributed by atoms with E-state index in [9.17, 15) is 9.59 Å². The molecule has 0 aliphatic heterocycles. The van der Waals surface area contributed by atoms with Gasteiger partial charge in [0.2, 0.25) is 0 Å². The summed E-state index contributed by atoms with van der Waals surface area (Å²) in [6, 6.07) is 2.25. The van der Waals surface area contributed by atoms with Crippen LogP contribution in [0.5, 0.6) is 0 Å². The molecule has 0 N–H and O–H groups in total. The van der Waals surface area contributed by atoms with Crippen LogP contribution in [0.2, 0.25) is 0 Å². The Kier molecular flexibility index (Phi) is 12.6. The Hall–Kier alpha value is -2.46. The zero-order valence-corrected chi connectivity index (χ0v) is 21.3. The molecule has 0 amide bonds. The first kappa shape index (κ1) is 27.6. The van der Waals surface area contributed by atoms with Crippen LogP contribution in [0.1, 0.15) is 66.4 Å². The molecule has 3 nitrogen and oxygen atoms in total. The molecule has 2 rings (SSSR count). The van der Waals surface area contributed by atoms with Gasteiger partial charge in [0.05, 0.1) is 0 Å². The van der Waals surface area contributed by atoms with Crippen molar-refractivity contribution in [3.8, 4) is 0 Å². The maximum absolute atomic E-state index is 10.9. The third kappa shape index (κ3) is 9.78. The van der Waals surface area contributed by atoms with E-state index in [-0.39, 0.29) is 18.4 Å². The van der Waals surface area contributed by atoms with Crippen molar-refractivity contribution >= 4 is 28.7 Å². The van der Waals surface area contributed by atoms with E-state index in [2.05, 4.69) is 43.3 Å². The minimum atomic E-state index is -0.330. The third-order valence-corrected chi connectivity index (χ3v) is 6.24. The third-order valence-electron chi connectivity index (χ3n) is 5.55. The summed E-state index contributed by atoms with van der Waals surface area (Å²) >= 11 is 1.80. The molecule has 1 aliphatic carbocycles. The molecular weight excluding hydrogens is 416 g/mol. The summed E-state index contributed by atoms with van der Waals surface area (Å²) < 4.78 is 4.95. The van der Waals surface area contributed by atoms with E-state index in [0.29, 0.717) is 0 Å². The van der Waals surface area contributed by atoms with Crippen LogP contribution in [0.15, 0.2) is 70.5 Å². The molecule has 0 fully saturated rings. The number of carbonyl (C=O) groups is 2. The van der Waals surface area contributed by atoms with Gasteiger partial charge in [-0.15, -0.1) is 0 Å². The quantitative estimate of drug-likeness (QED) is 0.218. The SMILES string of the molecule is C=C(C)\C(=C/C(=C\C)/C=C/C(C)=O)COC(C)=O.CCC1C=C(c2ccsc2)CC1CC. The number of thiophene rings is 1. The van der Waals surface area contributed by atoms with Crippen molar-refractivity contribution < 1.29 is 14.3 Å². The van der Waals surface area contributed by atoms with E-state index in [4.69, 9.17) is 4.74 Å². The van der Waals surface area contributed by atoms with Gasteiger partial charge >= 0.3 is 5.97 Å². The molecule has 0 bridgehead atoms. The summed E-state index contributed by atoms with van der Waals surface area (Å²) in [5.41, 5.74) is 5.57. The van der Waals surface area contributed by atoms with Gasteiger partial charge in [-0.3, -0.25) is 9.59 Å². The van der Waals surface area contributed by atoms with E-state index in [0.717, 1.165) is 28.6 Å². The molecule has 1 aliphatic rings. The average Bonchev–Trinajstić information content (AvgIpc) is 3.42. The fourth-order valence-corrected chi connectivity index (χ4v) is 4.25. The lowest BCUT2D eigenvalue weighted by Crippen LogP contribution is -2.04. The molecule has 0 aromatic carbocycles. The van der Waals surface area contributed by atoms with Crippen molar-refractivity contribution in [2.45, 2.75) is 60.8 Å². The first-order valence-electron chi connectivity index (χ1n) is 11.3. The summed E-state index contributed by atoms with van der Waals surface area (Å²) in [6.45, 7) is 15.2. The van der Waals surface area contributed by atoms with Gasteiger partial charge in [-0.1, -0.05) is 50.6 Å². The number of hydrogen-bond acceptors (Lipinski definition) is 4. The monoisotopic (exact) mass is 454 g/mol. The Bertz CT molecular complexity index is 882. The van der Waals surface area contributed by atoms with E-state index in [1.165, 1.54) is 44.7 Å². The highest BCUT2D eigenvalue weighted by atomic mass is 32.1. The zero-order valence-electron chi connectivity index (χ0n) is 20.4. The minimum absolute atomic E-state index is 0.0142. The van der Waals surface area contributed by atoms with E-state index < -0.39 is 0 Å². The minimum Gasteiger partial charge on any atom is -0.461 e.